The summed E-state index contributed by atoms with van der Waals surface area (Å²) in [7, 11) is 0. The van der Waals surface area contributed by atoms with E-state index in [4.69, 9.17) is 16.0 Å². The van der Waals surface area contributed by atoms with Crippen molar-refractivity contribution >= 4 is 35.1 Å². The van der Waals surface area contributed by atoms with Gasteiger partial charge in [0.25, 0.3) is 11.9 Å². The number of fused-ring (bicyclic) bond motifs is 1. The quantitative estimate of drug-likeness (QED) is 0.467. The predicted molar refractivity (Wildman–Crippen MR) is 119 cm³/mol. The molecular formula is C23H18ClN5O2. The minimum Gasteiger partial charge on any atom is -0.459 e. The number of amides is 1. The zero-order chi connectivity index (χ0) is 21.4. The number of carbonyl (C=O) groups is 1. The van der Waals surface area contributed by atoms with Crippen molar-refractivity contribution in [1.29, 1.82) is 0 Å². The normalized spacial score (nSPS) is 15.0. The van der Waals surface area contributed by atoms with Crippen LogP contribution in [0.3, 0.4) is 0 Å². The van der Waals surface area contributed by atoms with Gasteiger partial charge in [0, 0.05) is 10.7 Å². The van der Waals surface area contributed by atoms with Crippen LogP contribution in [-0.2, 0) is 0 Å². The molecule has 1 unspecified atom stereocenters. The van der Waals surface area contributed by atoms with E-state index in [1.165, 1.54) is 11.8 Å². The van der Waals surface area contributed by atoms with Gasteiger partial charge in [0.15, 0.2) is 5.76 Å². The number of halogens is 1. The standard InChI is InChI=1S/C23H18ClN5O2/c1-14-4-6-15(7-5-14)18-13-19(16-8-10-17(24)11-9-16)29-23(25-18)27-22(28-29)26-21(30)20-3-2-12-31-20/h2-13,19H,1H3,(H2,25,26,27,28,30). The second-order valence-corrected chi connectivity index (χ2v) is 7.64. The van der Waals surface area contributed by atoms with E-state index < -0.39 is 5.91 Å². The number of hydrogen-bond acceptors (Lipinski definition) is 5. The van der Waals surface area contributed by atoms with Crippen LogP contribution in [0.1, 0.15) is 33.3 Å². The maximum atomic E-state index is 12.4. The molecule has 0 saturated carbocycles. The monoisotopic (exact) mass is 431 g/mol. The van der Waals surface area contributed by atoms with Gasteiger partial charge in [-0.3, -0.25) is 10.1 Å². The Balaban J connectivity index is 1.53. The van der Waals surface area contributed by atoms with Gasteiger partial charge in [-0.1, -0.05) is 53.6 Å². The number of rotatable bonds is 4. The first-order valence-electron chi connectivity index (χ1n) is 9.69. The number of hydrogen-bond donors (Lipinski definition) is 2. The lowest BCUT2D eigenvalue weighted by Crippen LogP contribution is -2.20. The Kier molecular flexibility index (Phi) is 4.80. The highest BCUT2D eigenvalue weighted by molar-refractivity contribution is 6.30. The fraction of sp³-hybridized carbons (Fsp3) is 0.0870. The number of allylic oxidation sites excluding steroid dienone is 1. The summed E-state index contributed by atoms with van der Waals surface area (Å²) in [5, 5.41) is 11.2. The Morgan fingerprint density at radius 1 is 1.13 bits per heavy atom. The van der Waals surface area contributed by atoms with Crippen LogP contribution in [-0.4, -0.2) is 20.7 Å². The number of nitrogens with one attached hydrogen (secondary N) is 2. The Hall–Kier alpha value is -3.84. The second kappa shape index (κ2) is 7.77. The van der Waals surface area contributed by atoms with E-state index in [2.05, 4.69) is 51.1 Å². The molecule has 0 saturated heterocycles. The third kappa shape index (κ3) is 3.83. The molecule has 7 nitrogen and oxygen atoms in total. The van der Waals surface area contributed by atoms with E-state index in [1.54, 1.807) is 16.8 Å². The van der Waals surface area contributed by atoms with Crippen LogP contribution in [0.4, 0.5) is 11.9 Å². The molecule has 2 aromatic carbocycles. The second-order valence-electron chi connectivity index (χ2n) is 7.20. The van der Waals surface area contributed by atoms with Crippen LogP contribution >= 0.6 is 11.6 Å². The topological polar surface area (TPSA) is 85.0 Å². The molecule has 1 amide bonds. The average molecular weight is 432 g/mol. The Morgan fingerprint density at radius 2 is 1.90 bits per heavy atom. The molecule has 0 spiro atoms. The summed E-state index contributed by atoms with van der Waals surface area (Å²) >= 11 is 6.08. The van der Waals surface area contributed by atoms with Crippen LogP contribution in [0.5, 0.6) is 0 Å². The number of benzene rings is 2. The van der Waals surface area contributed by atoms with E-state index in [0.29, 0.717) is 11.0 Å². The van der Waals surface area contributed by atoms with Gasteiger partial charge >= 0.3 is 0 Å². The Labute approximate surface area is 183 Å². The number of aryl methyl sites for hydroxylation is 1. The van der Waals surface area contributed by atoms with Gasteiger partial charge in [-0.2, -0.15) is 4.98 Å². The minimum atomic E-state index is -0.414. The Morgan fingerprint density at radius 3 is 2.61 bits per heavy atom. The maximum Gasteiger partial charge on any atom is 0.293 e. The van der Waals surface area contributed by atoms with Crippen molar-refractivity contribution in [2.45, 2.75) is 13.0 Å². The Bertz CT molecular complexity index is 1260. The number of aromatic nitrogens is 3. The molecule has 2 aromatic heterocycles. The summed E-state index contributed by atoms with van der Waals surface area (Å²) < 4.78 is 6.88. The van der Waals surface area contributed by atoms with Gasteiger partial charge in [-0.05, 0) is 48.4 Å². The van der Waals surface area contributed by atoms with Crippen molar-refractivity contribution in [3.63, 3.8) is 0 Å². The van der Waals surface area contributed by atoms with Crippen molar-refractivity contribution < 1.29 is 9.21 Å². The third-order valence-electron chi connectivity index (χ3n) is 5.01. The summed E-state index contributed by atoms with van der Waals surface area (Å²) in [6.07, 6.45) is 3.52. The zero-order valence-electron chi connectivity index (χ0n) is 16.5. The molecule has 2 N–H and O–H groups in total. The van der Waals surface area contributed by atoms with Crippen LogP contribution in [0.2, 0.25) is 5.02 Å². The lowest BCUT2D eigenvalue weighted by Gasteiger charge is -2.24. The lowest BCUT2D eigenvalue weighted by atomic mass is 10.0. The summed E-state index contributed by atoms with van der Waals surface area (Å²) in [6, 6.07) is 18.8. The highest BCUT2D eigenvalue weighted by atomic mass is 35.5. The van der Waals surface area contributed by atoms with Crippen LogP contribution in [0.25, 0.3) is 5.70 Å². The van der Waals surface area contributed by atoms with Crippen LogP contribution < -0.4 is 10.6 Å². The smallest absolute Gasteiger partial charge is 0.293 e. The first kappa shape index (κ1) is 19.1. The molecule has 1 aliphatic heterocycles. The maximum absolute atomic E-state index is 12.4. The third-order valence-corrected chi connectivity index (χ3v) is 5.26. The number of carbonyl (C=O) groups excluding carboxylic acids is 1. The highest BCUT2D eigenvalue weighted by Gasteiger charge is 2.26. The van der Waals surface area contributed by atoms with Crippen molar-refractivity contribution in [1.82, 2.24) is 14.8 Å². The minimum absolute atomic E-state index is 0.182. The highest BCUT2D eigenvalue weighted by Crippen LogP contribution is 2.33. The average Bonchev–Trinajstić information content (AvgIpc) is 3.44. The lowest BCUT2D eigenvalue weighted by molar-refractivity contribution is 0.0996. The number of furan rings is 1. The first-order chi connectivity index (χ1) is 15.1. The van der Waals surface area contributed by atoms with Gasteiger partial charge in [-0.15, -0.1) is 5.10 Å². The molecule has 31 heavy (non-hydrogen) atoms. The predicted octanol–water partition coefficient (Wildman–Crippen LogP) is 5.14. The largest absolute Gasteiger partial charge is 0.459 e. The molecule has 0 bridgehead atoms. The molecular weight excluding hydrogens is 414 g/mol. The molecule has 0 aliphatic carbocycles. The molecule has 8 heteroatoms. The van der Waals surface area contributed by atoms with Crippen LogP contribution in [0.15, 0.2) is 77.4 Å². The van der Waals surface area contributed by atoms with E-state index in [9.17, 15) is 4.79 Å². The SMILES string of the molecule is Cc1ccc(C2=CC(c3ccc(Cl)cc3)n3nc(NC(=O)c4ccco4)nc3N2)cc1. The summed E-state index contributed by atoms with van der Waals surface area (Å²) in [6.45, 7) is 2.05. The summed E-state index contributed by atoms with van der Waals surface area (Å²) in [5.41, 5.74) is 4.11. The van der Waals surface area contributed by atoms with Crippen molar-refractivity contribution in [3.8, 4) is 0 Å². The summed E-state index contributed by atoms with van der Waals surface area (Å²) in [5.74, 6) is 0.477. The van der Waals surface area contributed by atoms with E-state index >= 15 is 0 Å². The summed E-state index contributed by atoms with van der Waals surface area (Å²) in [4.78, 5) is 16.8. The molecule has 154 valence electrons. The molecule has 1 atom stereocenters. The molecule has 0 radical (unpaired) electrons. The number of anilines is 2. The van der Waals surface area contributed by atoms with Crippen molar-refractivity contribution in [2.75, 3.05) is 10.6 Å². The molecule has 5 rings (SSSR count). The van der Waals surface area contributed by atoms with Gasteiger partial charge in [0.1, 0.15) is 6.04 Å². The molecule has 3 heterocycles. The fourth-order valence-corrected chi connectivity index (χ4v) is 3.54. The molecule has 0 fully saturated rings. The van der Waals surface area contributed by atoms with Gasteiger partial charge < -0.3 is 9.73 Å². The number of nitrogens with zero attached hydrogens (tertiary/aromatic N) is 3. The zero-order valence-corrected chi connectivity index (χ0v) is 17.3. The van der Waals surface area contributed by atoms with E-state index in [-0.39, 0.29) is 17.8 Å². The van der Waals surface area contributed by atoms with Crippen LogP contribution in [0, 0.1) is 6.92 Å². The van der Waals surface area contributed by atoms with E-state index in [0.717, 1.165) is 16.8 Å². The molecule has 1 aliphatic rings. The van der Waals surface area contributed by atoms with Crippen molar-refractivity contribution in [3.05, 3.63) is 100 Å². The van der Waals surface area contributed by atoms with Gasteiger partial charge in [0.2, 0.25) is 5.95 Å². The first-order valence-corrected chi connectivity index (χ1v) is 10.1. The molecule has 4 aromatic rings. The van der Waals surface area contributed by atoms with Crippen molar-refractivity contribution in [2.24, 2.45) is 0 Å². The van der Waals surface area contributed by atoms with Gasteiger partial charge in [0.05, 0.1) is 6.26 Å². The van der Waals surface area contributed by atoms with E-state index in [1.807, 2.05) is 31.2 Å². The fourth-order valence-electron chi connectivity index (χ4n) is 3.42. The van der Waals surface area contributed by atoms with Gasteiger partial charge in [-0.25, -0.2) is 4.68 Å².